The number of carbonyl (C=O) groups excluding carboxylic acids is 2. The highest BCUT2D eigenvalue weighted by Crippen LogP contribution is 2.33. The number of nitrogens with one attached hydrogen (secondary N) is 2. The van der Waals surface area contributed by atoms with E-state index in [4.69, 9.17) is 4.42 Å². The standard InChI is InChI=1S/C22H22N2O3/c1-14-10-12-16(13-11-14)23-22(26)20-19(17-8-4-5-9-18(17)27-20)24-21(25)15-6-2-3-7-15/h4-5,8-13,15H,2-3,6-7H2,1H3,(H,23,26)(H,24,25). The Morgan fingerprint density at radius 1 is 0.963 bits per heavy atom. The minimum atomic E-state index is -0.378. The summed E-state index contributed by atoms with van der Waals surface area (Å²) in [6.45, 7) is 1.99. The number of para-hydroxylation sites is 1. The molecule has 5 nitrogen and oxygen atoms in total. The monoisotopic (exact) mass is 362 g/mol. The highest BCUT2D eigenvalue weighted by molar-refractivity contribution is 6.14. The molecule has 2 N–H and O–H groups in total. The van der Waals surface area contributed by atoms with Crippen LogP contribution in [0.15, 0.2) is 52.9 Å². The van der Waals surface area contributed by atoms with E-state index in [-0.39, 0.29) is 23.5 Å². The fourth-order valence-electron chi connectivity index (χ4n) is 3.57. The number of aryl methyl sites for hydroxylation is 1. The Kier molecular flexibility index (Phi) is 4.67. The van der Waals surface area contributed by atoms with Gasteiger partial charge >= 0.3 is 0 Å². The van der Waals surface area contributed by atoms with Crippen molar-refractivity contribution >= 4 is 34.2 Å². The summed E-state index contributed by atoms with van der Waals surface area (Å²) in [6.07, 6.45) is 3.94. The average molecular weight is 362 g/mol. The van der Waals surface area contributed by atoms with Crippen LogP contribution in [0.25, 0.3) is 11.0 Å². The molecule has 0 saturated heterocycles. The van der Waals surface area contributed by atoms with Gasteiger partial charge in [-0.2, -0.15) is 0 Å². The van der Waals surface area contributed by atoms with Crippen molar-refractivity contribution in [1.82, 2.24) is 0 Å². The zero-order valence-electron chi connectivity index (χ0n) is 15.2. The van der Waals surface area contributed by atoms with E-state index in [1.807, 2.05) is 49.4 Å². The largest absolute Gasteiger partial charge is 0.449 e. The van der Waals surface area contributed by atoms with Gasteiger partial charge in [-0.15, -0.1) is 0 Å². The quantitative estimate of drug-likeness (QED) is 0.676. The molecule has 1 heterocycles. The van der Waals surface area contributed by atoms with Crippen LogP contribution in [0, 0.1) is 12.8 Å². The normalized spacial score (nSPS) is 14.4. The summed E-state index contributed by atoms with van der Waals surface area (Å²) in [7, 11) is 0. The van der Waals surface area contributed by atoms with Gasteiger partial charge in [0.15, 0.2) is 0 Å². The SMILES string of the molecule is Cc1ccc(NC(=O)c2oc3ccccc3c2NC(=O)C2CCCC2)cc1. The van der Waals surface area contributed by atoms with E-state index in [1.54, 1.807) is 6.07 Å². The minimum absolute atomic E-state index is 0.00618. The van der Waals surface area contributed by atoms with Gasteiger partial charge in [0.05, 0.1) is 0 Å². The maximum atomic E-state index is 12.8. The van der Waals surface area contributed by atoms with Crippen molar-refractivity contribution in [2.24, 2.45) is 5.92 Å². The van der Waals surface area contributed by atoms with Crippen molar-refractivity contribution in [2.45, 2.75) is 32.6 Å². The number of benzene rings is 2. The molecule has 2 aromatic carbocycles. The predicted molar refractivity (Wildman–Crippen MR) is 106 cm³/mol. The van der Waals surface area contributed by atoms with Crippen molar-refractivity contribution < 1.29 is 14.0 Å². The Bertz CT molecular complexity index is 982. The van der Waals surface area contributed by atoms with Gasteiger partial charge in [0.2, 0.25) is 11.7 Å². The van der Waals surface area contributed by atoms with Gasteiger partial charge in [-0.3, -0.25) is 9.59 Å². The highest BCUT2D eigenvalue weighted by atomic mass is 16.3. The maximum absolute atomic E-state index is 12.8. The van der Waals surface area contributed by atoms with Crippen LogP contribution in [0.1, 0.15) is 41.8 Å². The van der Waals surface area contributed by atoms with E-state index >= 15 is 0 Å². The molecule has 5 heteroatoms. The van der Waals surface area contributed by atoms with Crippen molar-refractivity contribution in [3.63, 3.8) is 0 Å². The number of hydrogen-bond acceptors (Lipinski definition) is 3. The van der Waals surface area contributed by atoms with Gasteiger partial charge in [0.1, 0.15) is 11.3 Å². The number of furan rings is 1. The summed E-state index contributed by atoms with van der Waals surface area (Å²) >= 11 is 0. The molecule has 1 aromatic heterocycles. The third-order valence-electron chi connectivity index (χ3n) is 5.09. The Morgan fingerprint density at radius 3 is 2.41 bits per heavy atom. The second kappa shape index (κ2) is 7.27. The smallest absolute Gasteiger partial charge is 0.293 e. The number of rotatable bonds is 4. The lowest BCUT2D eigenvalue weighted by Gasteiger charge is -2.11. The van der Waals surface area contributed by atoms with E-state index in [1.165, 1.54) is 0 Å². The topological polar surface area (TPSA) is 71.3 Å². The second-order valence-corrected chi connectivity index (χ2v) is 7.09. The summed E-state index contributed by atoms with van der Waals surface area (Å²) in [5.41, 5.74) is 2.82. The molecule has 0 spiro atoms. The Hall–Kier alpha value is -3.08. The minimum Gasteiger partial charge on any atom is -0.449 e. The number of carbonyl (C=O) groups is 2. The van der Waals surface area contributed by atoms with E-state index < -0.39 is 0 Å². The van der Waals surface area contributed by atoms with Crippen LogP contribution in [0.4, 0.5) is 11.4 Å². The van der Waals surface area contributed by atoms with E-state index in [9.17, 15) is 9.59 Å². The van der Waals surface area contributed by atoms with E-state index in [0.717, 1.165) is 36.6 Å². The molecule has 0 aliphatic heterocycles. The van der Waals surface area contributed by atoms with Gasteiger partial charge < -0.3 is 15.1 Å². The highest BCUT2D eigenvalue weighted by Gasteiger charge is 2.27. The van der Waals surface area contributed by atoms with Crippen LogP contribution in [-0.4, -0.2) is 11.8 Å². The molecule has 0 atom stereocenters. The van der Waals surface area contributed by atoms with Gasteiger partial charge in [-0.25, -0.2) is 0 Å². The van der Waals surface area contributed by atoms with Gasteiger partial charge in [0, 0.05) is 17.0 Å². The van der Waals surface area contributed by atoms with E-state index in [0.29, 0.717) is 17.0 Å². The molecule has 0 unspecified atom stereocenters. The second-order valence-electron chi connectivity index (χ2n) is 7.09. The molecule has 138 valence electrons. The van der Waals surface area contributed by atoms with Gasteiger partial charge in [-0.1, -0.05) is 42.7 Å². The third kappa shape index (κ3) is 3.58. The first-order chi connectivity index (χ1) is 13.1. The molecule has 1 fully saturated rings. The molecular formula is C22H22N2O3. The van der Waals surface area contributed by atoms with Crippen LogP contribution in [0.2, 0.25) is 0 Å². The molecule has 27 heavy (non-hydrogen) atoms. The predicted octanol–water partition coefficient (Wildman–Crippen LogP) is 5.12. The van der Waals surface area contributed by atoms with Crippen LogP contribution < -0.4 is 10.6 Å². The molecule has 1 aliphatic rings. The molecule has 1 aliphatic carbocycles. The first kappa shape index (κ1) is 17.3. The molecule has 4 rings (SSSR count). The zero-order chi connectivity index (χ0) is 18.8. The summed E-state index contributed by atoms with van der Waals surface area (Å²) < 4.78 is 5.79. The summed E-state index contributed by atoms with van der Waals surface area (Å²) in [6, 6.07) is 14.9. The Morgan fingerprint density at radius 2 is 1.67 bits per heavy atom. The third-order valence-corrected chi connectivity index (χ3v) is 5.09. The average Bonchev–Trinajstić information content (AvgIpc) is 3.32. The van der Waals surface area contributed by atoms with Crippen LogP contribution >= 0.6 is 0 Å². The first-order valence-corrected chi connectivity index (χ1v) is 9.32. The lowest BCUT2D eigenvalue weighted by atomic mass is 10.1. The van der Waals surface area contributed by atoms with Crippen molar-refractivity contribution in [3.8, 4) is 0 Å². The number of anilines is 2. The number of amides is 2. The van der Waals surface area contributed by atoms with E-state index in [2.05, 4.69) is 10.6 Å². The first-order valence-electron chi connectivity index (χ1n) is 9.32. The van der Waals surface area contributed by atoms with Crippen molar-refractivity contribution in [2.75, 3.05) is 10.6 Å². The molecular weight excluding hydrogens is 340 g/mol. The van der Waals surface area contributed by atoms with Crippen molar-refractivity contribution in [3.05, 3.63) is 59.9 Å². The number of fused-ring (bicyclic) bond motifs is 1. The lowest BCUT2D eigenvalue weighted by molar-refractivity contribution is -0.119. The van der Waals surface area contributed by atoms with Crippen LogP contribution in [0.3, 0.4) is 0 Å². The Labute approximate surface area is 157 Å². The van der Waals surface area contributed by atoms with Gasteiger partial charge in [0.25, 0.3) is 5.91 Å². The maximum Gasteiger partial charge on any atom is 0.293 e. The summed E-state index contributed by atoms with van der Waals surface area (Å²) in [5, 5.41) is 6.54. The fraction of sp³-hybridized carbons (Fsp3) is 0.273. The van der Waals surface area contributed by atoms with Gasteiger partial charge in [-0.05, 0) is 44.0 Å². The zero-order valence-corrected chi connectivity index (χ0v) is 15.2. The summed E-state index contributed by atoms with van der Waals surface area (Å²) in [4.78, 5) is 25.5. The van der Waals surface area contributed by atoms with Crippen molar-refractivity contribution in [1.29, 1.82) is 0 Å². The fourth-order valence-corrected chi connectivity index (χ4v) is 3.57. The lowest BCUT2D eigenvalue weighted by Crippen LogP contribution is -2.22. The number of hydrogen-bond donors (Lipinski definition) is 2. The van der Waals surface area contributed by atoms with Crippen LogP contribution in [0.5, 0.6) is 0 Å². The molecule has 0 radical (unpaired) electrons. The molecule has 1 saturated carbocycles. The summed E-state index contributed by atoms with van der Waals surface area (Å²) in [5.74, 6) is -0.282. The Balaban J connectivity index is 1.65. The molecule has 2 amide bonds. The van der Waals surface area contributed by atoms with Crippen LogP contribution in [-0.2, 0) is 4.79 Å². The molecule has 3 aromatic rings. The molecule has 0 bridgehead atoms.